The van der Waals surface area contributed by atoms with E-state index in [1.807, 2.05) is 0 Å². The predicted molar refractivity (Wildman–Crippen MR) is 89.3 cm³/mol. The number of carbonyl (C=O) groups excluding carboxylic acids is 2. The van der Waals surface area contributed by atoms with E-state index < -0.39 is 5.91 Å². The SMILES string of the molecule is COc1ccc(C(=O)Nc2c(Cl)cncc2Cl)c2cc(C=O)nn12. The number of hydrogen-bond donors (Lipinski definition) is 1. The highest BCUT2D eigenvalue weighted by molar-refractivity contribution is 6.39. The number of fused-ring (bicyclic) bond motifs is 1. The molecule has 0 aliphatic heterocycles. The summed E-state index contributed by atoms with van der Waals surface area (Å²) >= 11 is 12.0. The van der Waals surface area contributed by atoms with Gasteiger partial charge in [0, 0.05) is 18.5 Å². The van der Waals surface area contributed by atoms with Crippen molar-refractivity contribution in [1.29, 1.82) is 0 Å². The summed E-state index contributed by atoms with van der Waals surface area (Å²) in [5, 5.41) is 7.13. The summed E-state index contributed by atoms with van der Waals surface area (Å²) in [6, 6.07) is 4.61. The third-order valence-corrected chi connectivity index (χ3v) is 3.85. The molecule has 3 heterocycles. The normalized spacial score (nSPS) is 10.6. The van der Waals surface area contributed by atoms with E-state index in [0.29, 0.717) is 17.7 Å². The van der Waals surface area contributed by atoms with Crippen molar-refractivity contribution in [3.63, 3.8) is 0 Å². The van der Waals surface area contributed by atoms with Gasteiger partial charge >= 0.3 is 0 Å². The molecule has 0 saturated heterocycles. The Morgan fingerprint density at radius 1 is 1.29 bits per heavy atom. The van der Waals surface area contributed by atoms with Crippen molar-refractivity contribution >= 4 is 46.6 Å². The van der Waals surface area contributed by atoms with Gasteiger partial charge in [-0.15, -0.1) is 0 Å². The van der Waals surface area contributed by atoms with Crippen molar-refractivity contribution in [2.75, 3.05) is 12.4 Å². The Balaban J connectivity index is 2.07. The van der Waals surface area contributed by atoms with Crippen LogP contribution in [0.3, 0.4) is 0 Å². The Kier molecular flexibility index (Phi) is 4.37. The average molecular weight is 365 g/mol. The molecule has 7 nitrogen and oxygen atoms in total. The van der Waals surface area contributed by atoms with Gasteiger partial charge in [-0.3, -0.25) is 14.6 Å². The molecule has 0 fully saturated rings. The van der Waals surface area contributed by atoms with Crippen molar-refractivity contribution < 1.29 is 14.3 Å². The van der Waals surface area contributed by atoms with Crippen LogP contribution in [0.1, 0.15) is 20.8 Å². The molecule has 9 heteroatoms. The van der Waals surface area contributed by atoms with E-state index in [0.717, 1.165) is 0 Å². The fourth-order valence-corrected chi connectivity index (χ4v) is 2.64. The molecule has 0 aliphatic carbocycles. The van der Waals surface area contributed by atoms with E-state index in [9.17, 15) is 9.59 Å². The van der Waals surface area contributed by atoms with Crippen LogP contribution in [-0.2, 0) is 0 Å². The number of aromatic nitrogens is 3. The molecule has 3 rings (SSSR count). The van der Waals surface area contributed by atoms with E-state index >= 15 is 0 Å². The second-order valence-corrected chi connectivity index (χ2v) is 5.52. The number of rotatable bonds is 4. The first-order chi connectivity index (χ1) is 11.5. The summed E-state index contributed by atoms with van der Waals surface area (Å²) in [6.45, 7) is 0. The Morgan fingerprint density at radius 3 is 2.62 bits per heavy atom. The van der Waals surface area contributed by atoms with Crippen molar-refractivity contribution in [1.82, 2.24) is 14.6 Å². The molecule has 1 amide bonds. The molecule has 0 atom stereocenters. The zero-order chi connectivity index (χ0) is 17.3. The van der Waals surface area contributed by atoms with E-state index in [2.05, 4.69) is 15.4 Å². The molecular weight excluding hydrogens is 355 g/mol. The van der Waals surface area contributed by atoms with Gasteiger partial charge in [0.25, 0.3) is 5.91 Å². The highest BCUT2D eigenvalue weighted by atomic mass is 35.5. The van der Waals surface area contributed by atoms with Crippen LogP contribution in [0.4, 0.5) is 5.69 Å². The number of pyridine rings is 2. The molecule has 3 aromatic rings. The van der Waals surface area contributed by atoms with E-state index in [-0.39, 0.29) is 27.0 Å². The van der Waals surface area contributed by atoms with Crippen molar-refractivity contribution in [2.24, 2.45) is 0 Å². The monoisotopic (exact) mass is 364 g/mol. The molecule has 0 radical (unpaired) electrons. The topological polar surface area (TPSA) is 85.6 Å². The summed E-state index contributed by atoms with van der Waals surface area (Å²) in [5.41, 5.74) is 1.12. The Labute approximate surface area is 146 Å². The quantitative estimate of drug-likeness (QED) is 0.718. The number of hydrogen-bond acceptors (Lipinski definition) is 5. The van der Waals surface area contributed by atoms with Gasteiger partial charge in [0.2, 0.25) is 5.88 Å². The summed E-state index contributed by atoms with van der Waals surface area (Å²) in [4.78, 5) is 27.4. The lowest BCUT2D eigenvalue weighted by molar-refractivity contribution is 0.102. The number of anilines is 1. The number of ether oxygens (including phenoxy) is 1. The third kappa shape index (κ3) is 2.79. The fourth-order valence-electron chi connectivity index (χ4n) is 2.19. The van der Waals surface area contributed by atoms with E-state index in [4.69, 9.17) is 27.9 Å². The summed E-state index contributed by atoms with van der Waals surface area (Å²) in [7, 11) is 1.47. The summed E-state index contributed by atoms with van der Waals surface area (Å²) in [5.74, 6) is -0.0790. The number of nitrogens with one attached hydrogen (secondary N) is 1. The fraction of sp³-hybridized carbons (Fsp3) is 0.0667. The summed E-state index contributed by atoms with van der Waals surface area (Å²) in [6.07, 6.45) is 3.33. The molecule has 0 bridgehead atoms. The highest BCUT2D eigenvalue weighted by Crippen LogP contribution is 2.29. The molecule has 122 valence electrons. The average Bonchev–Trinajstić information content (AvgIpc) is 3.01. The van der Waals surface area contributed by atoms with Crippen LogP contribution in [0.25, 0.3) is 5.52 Å². The molecule has 0 aromatic carbocycles. The van der Waals surface area contributed by atoms with Gasteiger partial charge in [-0.05, 0) is 12.1 Å². The summed E-state index contributed by atoms with van der Waals surface area (Å²) < 4.78 is 6.55. The Bertz CT molecular complexity index is 935. The van der Waals surface area contributed by atoms with Crippen LogP contribution in [0.5, 0.6) is 5.88 Å². The number of nitrogens with zero attached hydrogens (tertiary/aromatic N) is 3. The van der Waals surface area contributed by atoms with Gasteiger partial charge in [-0.2, -0.15) is 9.61 Å². The van der Waals surface area contributed by atoms with Crippen LogP contribution in [0.15, 0.2) is 30.6 Å². The van der Waals surface area contributed by atoms with Crippen LogP contribution in [0.2, 0.25) is 10.0 Å². The number of aldehydes is 1. The second kappa shape index (κ2) is 6.46. The van der Waals surface area contributed by atoms with Gasteiger partial charge in [-0.25, -0.2) is 0 Å². The van der Waals surface area contributed by atoms with E-state index in [1.165, 1.54) is 30.1 Å². The molecule has 3 aromatic heterocycles. The Hall–Kier alpha value is -2.64. The maximum atomic E-state index is 12.6. The van der Waals surface area contributed by atoms with Crippen molar-refractivity contribution in [3.05, 3.63) is 51.9 Å². The smallest absolute Gasteiger partial charge is 0.257 e. The van der Waals surface area contributed by atoms with Gasteiger partial charge in [0.05, 0.1) is 33.9 Å². The lowest BCUT2D eigenvalue weighted by Crippen LogP contribution is -2.14. The lowest BCUT2D eigenvalue weighted by Gasteiger charge is -2.10. The first kappa shape index (κ1) is 16.2. The minimum atomic E-state index is -0.463. The van der Waals surface area contributed by atoms with Gasteiger partial charge in [0.15, 0.2) is 6.29 Å². The number of halogens is 2. The maximum Gasteiger partial charge on any atom is 0.257 e. The van der Waals surface area contributed by atoms with Crippen LogP contribution in [0, 0.1) is 0 Å². The zero-order valence-electron chi connectivity index (χ0n) is 12.3. The largest absolute Gasteiger partial charge is 0.481 e. The van der Waals surface area contributed by atoms with Crippen LogP contribution in [-0.4, -0.2) is 33.9 Å². The molecule has 0 spiro atoms. The first-order valence-corrected chi connectivity index (χ1v) is 7.43. The van der Waals surface area contributed by atoms with Gasteiger partial charge in [0.1, 0.15) is 5.69 Å². The van der Waals surface area contributed by atoms with Crippen LogP contribution < -0.4 is 10.1 Å². The van der Waals surface area contributed by atoms with Crippen LogP contribution >= 0.6 is 23.2 Å². The standard InChI is InChI=1S/C15H10Cl2N4O3/c1-24-13-3-2-9(12-4-8(7-22)20-21(12)13)15(23)19-14-10(16)5-18-6-11(14)17/h2-7H,1H3,(H,18,19,23). The van der Waals surface area contributed by atoms with Gasteiger partial charge < -0.3 is 10.1 Å². The zero-order valence-corrected chi connectivity index (χ0v) is 13.8. The third-order valence-electron chi connectivity index (χ3n) is 3.27. The molecule has 0 aliphatic rings. The highest BCUT2D eigenvalue weighted by Gasteiger charge is 2.18. The molecule has 0 unspecified atom stereocenters. The molecular formula is C15H10Cl2N4O3. The number of methoxy groups -OCH3 is 1. The molecule has 24 heavy (non-hydrogen) atoms. The minimum absolute atomic E-state index is 0.175. The molecule has 1 N–H and O–H groups in total. The number of amides is 1. The van der Waals surface area contributed by atoms with E-state index in [1.54, 1.807) is 12.1 Å². The first-order valence-electron chi connectivity index (χ1n) is 6.67. The second-order valence-electron chi connectivity index (χ2n) is 4.71. The lowest BCUT2D eigenvalue weighted by atomic mass is 10.2. The van der Waals surface area contributed by atoms with Crippen molar-refractivity contribution in [2.45, 2.75) is 0 Å². The van der Waals surface area contributed by atoms with Gasteiger partial charge in [-0.1, -0.05) is 23.2 Å². The minimum Gasteiger partial charge on any atom is -0.481 e. The Morgan fingerprint density at radius 2 is 2.00 bits per heavy atom. The van der Waals surface area contributed by atoms with Crippen molar-refractivity contribution in [3.8, 4) is 5.88 Å². The molecule has 0 saturated carbocycles. The maximum absolute atomic E-state index is 12.6. The predicted octanol–water partition coefficient (Wildman–Crippen LogP) is 3.11. The number of carbonyl (C=O) groups is 2.